The van der Waals surface area contributed by atoms with Crippen LogP contribution in [0.2, 0.25) is 0 Å². The highest BCUT2D eigenvalue weighted by atomic mass is 16.2. The lowest BCUT2D eigenvalue weighted by Gasteiger charge is -2.21. The molecule has 3 aliphatic rings. The Morgan fingerprint density at radius 2 is 2.10 bits per heavy atom. The molecule has 0 spiro atoms. The van der Waals surface area contributed by atoms with Crippen LogP contribution in [0.1, 0.15) is 44.7 Å². The van der Waals surface area contributed by atoms with Gasteiger partial charge in [-0.25, -0.2) is 0 Å². The summed E-state index contributed by atoms with van der Waals surface area (Å²) in [7, 11) is 0. The Bertz CT molecular complexity index is 656. The number of rotatable bonds is 1. The molecule has 0 aromatic heterocycles. The first-order valence-corrected chi connectivity index (χ1v) is 7.27. The van der Waals surface area contributed by atoms with Crippen LogP contribution in [0.4, 0.5) is 11.4 Å². The van der Waals surface area contributed by atoms with E-state index in [9.17, 15) is 4.79 Å². The van der Waals surface area contributed by atoms with Gasteiger partial charge in [0.2, 0.25) is 5.91 Å². The van der Waals surface area contributed by atoms with E-state index in [1.807, 2.05) is 25.7 Å². The summed E-state index contributed by atoms with van der Waals surface area (Å²) in [6.07, 6.45) is 2.27. The smallest absolute Gasteiger partial charge is 0.237 e. The van der Waals surface area contributed by atoms with Gasteiger partial charge in [0.15, 0.2) is 0 Å². The molecule has 4 nitrogen and oxygen atoms in total. The fraction of sp³-hybridized carbons (Fsp3) is 0.500. The van der Waals surface area contributed by atoms with Crippen LogP contribution in [0.5, 0.6) is 0 Å². The van der Waals surface area contributed by atoms with Crippen molar-refractivity contribution in [1.82, 2.24) is 0 Å². The van der Waals surface area contributed by atoms with Crippen molar-refractivity contribution in [3.8, 4) is 0 Å². The second-order valence-corrected chi connectivity index (χ2v) is 6.58. The Morgan fingerprint density at radius 1 is 1.35 bits per heavy atom. The van der Waals surface area contributed by atoms with Crippen LogP contribution < -0.4 is 10.2 Å². The predicted molar refractivity (Wildman–Crippen MR) is 80.4 cm³/mol. The summed E-state index contributed by atoms with van der Waals surface area (Å²) in [6.45, 7) is 6.75. The molecule has 1 aromatic rings. The zero-order chi connectivity index (χ0) is 14.1. The quantitative estimate of drug-likeness (QED) is 0.852. The maximum atomic E-state index is 12.7. The van der Waals surface area contributed by atoms with Crippen LogP contribution in [0.3, 0.4) is 0 Å². The SMILES string of the molecule is CC1=NCc2cc3c(cc2N1)C(C)(C)C(=O)N3C1CC1. The molecule has 1 fully saturated rings. The molecule has 1 saturated carbocycles. The molecule has 2 aliphatic heterocycles. The standard InChI is InChI=1S/C16H19N3O/c1-9-17-8-10-6-14-12(7-13(10)18-9)16(2,3)15(20)19(14)11-4-5-11/h6-7,11H,4-5,8H2,1-3H3,(H,17,18). The summed E-state index contributed by atoms with van der Waals surface area (Å²) in [5.74, 6) is 1.19. The minimum absolute atomic E-state index is 0.245. The highest BCUT2D eigenvalue weighted by molar-refractivity contribution is 6.09. The van der Waals surface area contributed by atoms with Gasteiger partial charge in [-0.05, 0) is 56.9 Å². The molecule has 20 heavy (non-hydrogen) atoms. The van der Waals surface area contributed by atoms with E-state index in [4.69, 9.17) is 0 Å². The van der Waals surface area contributed by atoms with Gasteiger partial charge in [-0.3, -0.25) is 9.79 Å². The fourth-order valence-corrected chi connectivity index (χ4v) is 3.24. The monoisotopic (exact) mass is 269 g/mol. The minimum atomic E-state index is -0.420. The lowest BCUT2D eigenvalue weighted by atomic mass is 9.85. The van der Waals surface area contributed by atoms with Crippen molar-refractivity contribution in [2.75, 3.05) is 10.2 Å². The Labute approximate surface area is 118 Å². The van der Waals surface area contributed by atoms with Crippen molar-refractivity contribution in [2.45, 2.75) is 51.6 Å². The zero-order valence-electron chi connectivity index (χ0n) is 12.2. The first-order valence-electron chi connectivity index (χ1n) is 7.27. The third kappa shape index (κ3) is 1.48. The average molecular weight is 269 g/mol. The molecule has 4 rings (SSSR count). The highest BCUT2D eigenvalue weighted by Gasteiger charge is 2.49. The van der Waals surface area contributed by atoms with Gasteiger partial charge in [0.05, 0.1) is 17.8 Å². The van der Waals surface area contributed by atoms with Crippen molar-refractivity contribution in [1.29, 1.82) is 0 Å². The number of hydrogen-bond acceptors (Lipinski definition) is 3. The van der Waals surface area contributed by atoms with Crippen molar-refractivity contribution in [3.05, 3.63) is 23.3 Å². The highest BCUT2D eigenvalue weighted by Crippen LogP contribution is 2.48. The van der Waals surface area contributed by atoms with Crippen LogP contribution in [0, 0.1) is 0 Å². The molecular formula is C16H19N3O. The predicted octanol–water partition coefficient (Wildman–Crippen LogP) is 2.82. The number of nitrogens with zero attached hydrogens (tertiary/aromatic N) is 2. The third-order valence-electron chi connectivity index (χ3n) is 4.62. The van der Waals surface area contributed by atoms with Crippen LogP contribution in [0.25, 0.3) is 0 Å². The Balaban J connectivity index is 1.89. The molecule has 0 atom stereocenters. The fourth-order valence-electron chi connectivity index (χ4n) is 3.24. The number of carbonyl (C=O) groups is 1. The van der Waals surface area contributed by atoms with Crippen molar-refractivity contribution in [3.63, 3.8) is 0 Å². The second-order valence-electron chi connectivity index (χ2n) is 6.58. The molecular weight excluding hydrogens is 250 g/mol. The Morgan fingerprint density at radius 3 is 2.80 bits per heavy atom. The number of amidine groups is 1. The molecule has 0 unspecified atom stereocenters. The van der Waals surface area contributed by atoms with Crippen LogP contribution in [-0.4, -0.2) is 17.8 Å². The van der Waals surface area contributed by atoms with Gasteiger partial charge >= 0.3 is 0 Å². The van der Waals surface area contributed by atoms with Gasteiger partial charge in [-0.15, -0.1) is 0 Å². The number of amides is 1. The van der Waals surface area contributed by atoms with E-state index in [1.54, 1.807) is 0 Å². The summed E-state index contributed by atoms with van der Waals surface area (Å²) in [5.41, 5.74) is 4.13. The summed E-state index contributed by atoms with van der Waals surface area (Å²) in [6, 6.07) is 4.74. The summed E-state index contributed by atoms with van der Waals surface area (Å²) >= 11 is 0. The maximum Gasteiger partial charge on any atom is 0.237 e. The third-order valence-corrected chi connectivity index (χ3v) is 4.62. The van der Waals surface area contributed by atoms with E-state index < -0.39 is 5.41 Å². The van der Waals surface area contributed by atoms with E-state index in [2.05, 4.69) is 22.4 Å². The lowest BCUT2D eigenvalue weighted by molar-refractivity contribution is -0.122. The molecule has 4 heteroatoms. The number of nitrogens with one attached hydrogen (secondary N) is 1. The second kappa shape index (κ2) is 3.62. The normalized spacial score (nSPS) is 23.1. The lowest BCUT2D eigenvalue weighted by Crippen LogP contribution is -2.37. The zero-order valence-corrected chi connectivity index (χ0v) is 12.2. The minimum Gasteiger partial charge on any atom is -0.344 e. The number of benzene rings is 1. The molecule has 0 radical (unpaired) electrons. The number of anilines is 2. The van der Waals surface area contributed by atoms with Gasteiger partial charge in [0.1, 0.15) is 0 Å². The van der Waals surface area contributed by atoms with Gasteiger partial charge in [0.25, 0.3) is 0 Å². The van der Waals surface area contributed by atoms with Crippen LogP contribution in [-0.2, 0) is 16.8 Å². The van der Waals surface area contributed by atoms with E-state index >= 15 is 0 Å². The molecule has 1 amide bonds. The number of aliphatic imine (C=N–C) groups is 1. The first kappa shape index (κ1) is 11.9. The van der Waals surface area contributed by atoms with Gasteiger partial charge in [0, 0.05) is 17.4 Å². The molecule has 1 N–H and O–H groups in total. The first-order chi connectivity index (χ1) is 9.48. The molecule has 1 aromatic carbocycles. The maximum absolute atomic E-state index is 12.7. The number of fused-ring (bicyclic) bond motifs is 2. The van der Waals surface area contributed by atoms with E-state index in [1.165, 1.54) is 5.56 Å². The summed E-state index contributed by atoms with van der Waals surface area (Å²) in [5, 5.41) is 3.32. The number of hydrogen-bond donors (Lipinski definition) is 1. The van der Waals surface area contributed by atoms with E-state index in [-0.39, 0.29) is 5.91 Å². The largest absolute Gasteiger partial charge is 0.344 e. The molecule has 2 heterocycles. The van der Waals surface area contributed by atoms with E-state index in [0.29, 0.717) is 12.6 Å². The van der Waals surface area contributed by atoms with E-state index in [0.717, 1.165) is 35.6 Å². The molecule has 0 bridgehead atoms. The molecule has 104 valence electrons. The van der Waals surface area contributed by atoms with Crippen LogP contribution >= 0.6 is 0 Å². The Kier molecular flexibility index (Phi) is 2.16. The van der Waals surface area contributed by atoms with Gasteiger partial charge < -0.3 is 10.2 Å². The summed E-state index contributed by atoms with van der Waals surface area (Å²) < 4.78 is 0. The number of carbonyl (C=O) groups excluding carboxylic acids is 1. The topological polar surface area (TPSA) is 44.7 Å². The van der Waals surface area contributed by atoms with Crippen molar-refractivity contribution in [2.24, 2.45) is 4.99 Å². The van der Waals surface area contributed by atoms with Crippen molar-refractivity contribution >= 4 is 23.1 Å². The molecule has 1 aliphatic carbocycles. The van der Waals surface area contributed by atoms with Crippen LogP contribution in [0.15, 0.2) is 17.1 Å². The summed E-state index contributed by atoms with van der Waals surface area (Å²) in [4.78, 5) is 19.2. The van der Waals surface area contributed by atoms with Gasteiger partial charge in [-0.1, -0.05) is 0 Å². The average Bonchev–Trinajstić information content (AvgIpc) is 3.19. The Hall–Kier alpha value is -1.84. The molecule has 0 saturated heterocycles. The van der Waals surface area contributed by atoms with Crippen molar-refractivity contribution < 1.29 is 4.79 Å². The van der Waals surface area contributed by atoms with Gasteiger partial charge in [-0.2, -0.15) is 0 Å².